The van der Waals surface area contributed by atoms with Gasteiger partial charge in [-0.3, -0.25) is 15.0 Å². The molecule has 8 nitrogen and oxygen atoms in total. The van der Waals surface area contributed by atoms with Crippen molar-refractivity contribution in [3.8, 4) is 0 Å². The van der Waals surface area contributed by atoms with Gasteiger partial charge in [0.15, 0.2) is 0 Å². The molecule has 1 aromatic carbocycles. The van der Waals surface area contributed by atoms with Crippen LogP contribution in [0.25, 0.3) is 0 Å². The SMILES string of the molecule is N=C(N)c1ccc(CC(N)C(=O)O)cc1.O=C(O)[C@@H]1CCCN1. The van der Waals surface area contributed by atoms with Gasteiger partial charge in [0.1, 0.15) is 17.9 Å². The highest BCUT2D eigenvalue weighted by atomic mass is 16.4. The van der Waals surface area contributed by atoms with E-state index < -0.39 is 18.0 Å². The number of nitrogen functional groups attached to an aromatic ring is 1. The Labute approximate surface area is 134 Å². The Morgan fingerprint density at radius 3 is 2.26 bits per heavy atom. The number of amidine groups is 1. The summed E-state index contributed by atoms with van der Waals surface area (Å²) in [6, 6.07) is 5.63. The summed E-state index contributed by atoms with van der Waals surface area (Å²) >= 11 is 0. The first kappa shape index (κ1) is 18.6. The summed E-state index contributed by atoms with van der Waals surface area (Å²) in [6.45, 7) is 0.858. The number of aliphatic carboxylic acids is 2. The Morgan fingerprint density at radius 2 is 1.91 bits per heavy atom. The topological polar surface area (TPSA) is 163 Å². The van der Waals surface area contributed by atoms with Crippen molar-refractivity contribution >= 4 is 17.8 Å². The van der Waals surface area contributed by atoms with E-state index in [4.69, 9.17) is 27.1 Å². The van der Waals surface area contributed by atoms with Crippen LogP contribution in [0.1, 0.15) is 24.0 Å². The lowest BCUT2D eigenvalue weighted by Gasteiger charge is -2.06. The molecule has 2 atom stereocenters. The van der Waals surface area contributed by atoms with E-state index in [-0.39, 0.29) is 18.3 Å². The fourth-order valence-electron chi connectivity index (χ4n) is 2.06. The lowest BCUT2D eigenvalue weighted by Crippen LogP contribution is -2.32. The maximum atomic E-state index is 10.5. The number of hydrogen-bond donors (Lipinski definition) is 6. The third-order valence-electron chi connectivity index (χ3n) is 3.40. The first-order chi connectivity index (χ1) is 10.8. The van der Waals surface area contributed by atoms with Gasteiger partial charge < -0.3 is 27.0 Å². The number of carboxylic acids is 2. The summed E-state index contributed by atoms with van der Waals surface area (Å²) in [5, 5.41) is 27.0. The van der Waals surface area contributed by atoms with Crippen LogP contribution in [0.3, 0.4) is 0 Å². The summed E-state index contributed by atoms with van der Waals surface area (Å²) in [7, 11) is 0. The summed E-state index contributed by atoms with van der Waals surface area (Å²) in [5.41, 5.74) is 12.1. The predicted molar refractivity (Wildman–Crippen MR) is 85.4 cm³/mol. The van der Waals surface area contributed by atoms with Crippen LogP contribution >= 0.6 is 0 Å². The first-order valence-corrected chi connectivity index (χ1v) is 7.19. The van der Waals surface area contributed by atoms with Crippen molar-refractivity contribution in [2.24, 2.45) is 11.5 Å². The summed E-state index contributed by atoms with van der Waals surface area (Å²) < 4.78 is 0. The van der Waals surface area contributed by atoms with Crippen LogP contribution in [0.2, 0.25) is 0 Å². The van der Waals surface area contributed by atoms with E-state index in [9.17, 15) is 9.59 Å². The molecule has 8 N–H and O–H groups in total. The van der Waals surface area contributed by atoms with Gasteiger partial charge in [-0.2, -0.15) is 0 Å². The molecule has 2 rings (SSSR count). The van der Waals surface area contributed by atoms with Crippen LogP contribution in [-0.2, 0) is 16.0 Å². The largest absolute Gasteiger partial charge is 0.480 e. The van der Waals surface area contributed by atoms with Crippen molar-refractivity contribution in [3.05, 3.63) is 35.4 Å². The lowest BCUT2D eigenvalue weighted by atomic mass is 10.0. The van der Waals surface area contributed by atoms with E-state index in [1.54, 1.807) is 24.3 Å². The standard InChI is InChI=1S/C10H13N3O2.C5H9NO2/c11-8(10(14)15)5-6-1-3-7(4-2-6)9(12)13;7-5(8)4-2-1-3-6-4/h1-4,8H,5,11H2,(H3,12,13)(H,14,15);4,6H,1-3H2,(H,7,8)/t;4-/m.0/s1. The smallest absolute Gasteiger partial charge is 0.320 e. The van der Waals surface area contributed by atoms with Crippen LogP contribution in [0.15, 0.2) is 24.3 Å². The monoisotopic (exact) mass is 322 g/mol. The molecular formula is C15H22N4O4. The summed E-state index contributed by atoms with van der Waals surface area (Å²) in [6.07, 6.45) is 2.06. The van der Waals surface area contributed by atoms with Gasteiger partial charge in [0.2, 0.25) is 0 Å². The van der Waals surface area contributed by atoms with Crippen molar-refractivity contribution < 1.29 is 19.8 Å². The van der Waals surface area contributed by atoms with Crippen LogP contribution in [-0.4, -0.2) is 46.6 Å². The fraction of sp³-hybridized carbons (Fsp3) is 0.400. The maximum absolute atomic E-state index is 10.5. The van der Waals surface area contributed by atoms with E-state index in [2.05, 4.69) is 5.32 Å². The molecular weight excluding hydrogens is 300 g/mol. The molecule has 1 aliphatic rings. The Bertz CT molecular complexity index is 553. The van der Waals surface area contributed by atoms with E-state index in [0.29, 0.717) is 5.56 Å². The zero-order valence-electron chi connectivity index (χ0n) is 12.7. The molecule has 1 unspecified atom stereocenters. The van der Waals surface area contributed by atoms with E-state index in [1.807, 2.05) is 0 Å². The van der Waals surface area contributed by atoms with Gasteiger partial charge in [-0.25, -0.2) is 0 Å². The molecule has 1 fully saturated rings. The molecule has 0 aliphatic carbocycles. The maximum Gasteiger partial charge on any atom is 0.320 e. The zero-order valence-corrected chi connectivity index (χ0v) is 12.7. The number of benzene rings is 1. The Kier molecular flexibility index (Phi) is 7.17. The molecule has 0 radical (unpaired) electrons. The van der Waals surface area contributed by atoms with E-state index in [1.165, 1.54) is 0 Å². The second-order valence-electron chi connectivity index (χ2n) is 5.25. The van der Waals surface area contributed by atoms with Crippen LogP contribution in [0, 0.1) is 5.41 Å². The second kappa shape index (κ2) is 8.86. The van der Waals surface area contributed by atoms with Gasteiger partial charge in [0.25, 0.3) is 0 Å². The third-order valence-corrected chi connectivity index (χ3v) is 3.40. The molecule has 8 heteroatoms. The normalized spacial score (nSPS) is 17.7. The van der Waals surface area contributed by atoms with Crippen molar-refractivity contribution in [2.45, 2.75) is 31.3 Å². The van der Waals surface area contributed by atoms with Crippen LogP contribution in [0.4, 0.5) is 0 Å². The fourth-order valence-corrected chi connectivity index (χ4v) is 2.06. The van der Waals surface area contributed by atoms with Gasteiger partial charge >= 0.3 is 11.9 Å². The average molecular weight is 322 g/mol. The van der Waals surface area contributed by atoms with Gasteiger partial charge in [-0.1, -0.05) is 24.3 Å². The van der Waals surface area contributed by atoms with Crippen molar-refractivity contribution in [1.82, 2.24) is 5.32 Å². The van der Waals surface area contributed by atoms with E-state index in [0.717, 1.165) is 24.9 Å². The molecule has 1 heterocycles. The molecule has 0 amide bonds. The predicted octanol–water partition coefficient (Wildman–Crippen LogP) is -0.252. The van der Waals surface area contributed by atoms with Gasteiger partial charge in [0.05, 0.1) is 0 Å². The second-order valence-corrected chi connectivity index (χ2v) is 5.25. The highest BCUT2D eigenvalue weighted by molar-refractivity contribution is 5.94. The van der Waals surface area contributed by atoms with E-state index >= 15 is 0 Å². The van der Waals surface area contributed by atoms with Crippen LogP contribution < -0.4 is 16.8 Å². The molecule has 1 saturated heterocycles. The minimum atomic E-state index is -1.02. The minimum Gasteiger partial charge on any atom is -0.480 e. The average Bonchev–Trinajstić information content (AvgIpc) is 3.02. The van der Waals surface area contributed by atoms with Gasteiger partial charge in [0, 0.05) is 5.56 Å². The summed E-state index contributed by atoms with van der Waals surface area (Å²) in [4.78, 5) is 20.6. The van der Waals surface area contributed by atoms with Crippen molar-refractivity contribution in [1.29, 1.82) is 5.41 Å². The lowest BCUT2D eigenvalue weighted by molar-refractivity contribution is -0.139. The Morgan fingerprint density at radius 1 is 1.30 bits per heavy atom. The quantitative estimate of drug-likeness (QED) is 0.321. The molecule has 0 saturated carbocycles. The molecule has 0 bridgehead atoms. The van der Waals surface area contributed by atoms with Crippen molar-refractivity contribution in [3.63, 3.8) is 0 Å². The minimum absolute atomic E-state index is 0.0101. The number of carbonyl (C=O) groups is 2. The summed E-state index contributed by atoms with van der Waals surface area (Å²) in [5.74, 6) is -1.75. The number of nitrogens with one attached hydrogen (secondary N) is 2. The molecule has 1 aliphatic heterocycles. The highest BCUT2D eigenvalue weighted by Gasteiger charge is 2.20. The Balaban J connectivity index is 0.000000277. The number of rotatable bonds is 5. The third kappa shape index (κ3) is 6.45. The first-order valence-electron chi connectivity index (χ1n) is 7.19. The number of nitrogens with two attached hydrogens (primary N) is 2. The molecule has 23 heavy (non-hydrogen) atoms. The Hall–Kier alpha value is -2.45. The molecule has 0 aromatic heterocycles. The molecule has 1 aromatic rings. The number of hydrogen-bond acceptors (Lipinski definition) is 5. The van der Waals surface area contributed by atoms with Gasteiger partial charge in [-0.05, 0) is 31.4 Å². The molecule has 0 spiro atoms. The highest BCUT2D eigenvalue weighted by Crippen LogP contribution is 2.06. The van der Waals surface area contributed by atoms with Gasteiger partial charge in [-0.15, -0.1) is 0 Å². The molecule has 126 valence electrons. The number of carboxylic acid groups (broad SMARTS) is 2. The van der Waals surface area contributed by atoms with Crippen molar-refractivity contribution in [2.75, 3.05) is 6.54 Å². The zero-order chi connectivity index (χ0) is 17.4. The van der Waals surface area contributed by atoms with Crippen LogP contribution in [0.5, 0.6) is 0 Å².